The van der Waals surface area contributed by atoms with Gasteiger partial charge in [-0.15, -0.1) is 0 Å². The predicted molar refractivity (Wildman–Crippen MR) is 89.8 cm³/mol. The zero-order chi connectivity index (χ0) is 13.2. The van der Waals surface area contributed by atoms with Crippen molar-refractivity contribution in [1.29, 1.82) is 0 Å². The first kappa shape index (κ1) is 12.8. The summed E-state index contributed by atoms with van der Waals surface area (Å²) in [5.74, 6) is 0. The van der Waals surface area contributed by atoms with Crippen LogP contribution in [0.5, 0.6) is 0 Å². The van der Waals surface area contributed by atoms with Gasteiger partial charge < -0.3 is 10.3 Å². The van der Waals surface area contributed by atoms with Crippen molar-refractivity contribution >= 4 is 50.8 Å². The molecule has 3 aromatic rings. The highest BCUT2D eigenvalue weighted by Crippen LogP contribution is 2.23. The molecule has 3 rings (SSSR count). The van der Waals surface area contributed by atoms with Gasteiger partial charge in [0.2, 0.25) is 0 Å². The lowest BCUT2D eigenvalue weighted by Gasteiger charge is -2.09. The van der Waals surface area contributed by atoms with Crippen LogP contribution in [-0.2, 0) is 6.54 Å². The number of hydrogen-bond donors (Lipinski definition) is 2. The second-order valence-electron chi connectivity index (χ2n) is 4.38. The molecule has 0 saturated heterocycles. The van der Waals surface area contributed by atoms with Crippen LogP contribution >= 0.6 is 34.2 Å². The lowest BCUT2D eigenvalue weighted by Crippen LogP contribution is -2.00. The molecule has 0 aliphatic heterocycles. The van der Waals surface area contributed by atoms with E-state index >= 15 is 0 Å². The summed E-state index contributed by atoms with van der Waals surface area (Å²) in [5.41, 5.74) is 3.54. The first-order valence-electron chi connectivity index (χ1n) is 5.97. The fourth-order valence-electron chi connectivity index (χ4n) is 2.04. The molecule has 1 aromatic heterocycles. The number of hydrogen-bond acceptors (Lipinski definition) is 1. The lowest BCUT2D eigenvalue weighted by atomic mass is 10.1. The van der Waals surface area contributed by atoms with Crippen molar-refractivity contribution in [2.45, 2.75) is 6.54 Å². The van der Waals surface area contributed by atoms with Gasteiger partial charge in [-0.2, -0.15) is 0 Å². The van der Waals surface area contributed by atoms with E-state index in [0.29, 0.717) is 0 Å². The standard InChI is InChI=1S/C15H12ClIN2/c16-12-2-4-15(13(17)8-12)19-9-10-1-3-14-11(7-10)5-6-18-14/h1-8,18-19H,9H2. The van der Waals surface area contributed by atoms with Gasteiger partial charge in [0, 0.05) is 32.5 Å². The fraction of sp³-hybridized carbons (Fsp3) is 0.0667. The molecule has 2 N–H and O–H groups in total. The van der Waals surface area contributed by atoms with E-state index in [9.17, 15) is 0 Å². The zero-order valence-corrected chi connectivity index (χ0v) is 13.0. The minimum atomic E-state index is 0.767. The maximum Gasteiger partial charge on any atom is 0.0479 e. The Morgan fingerprint density at radius 3 is 2.84 bits per heavy atom. The third-order valence-electron chi connectivity index (χ3n) is 3.03. The highest BCUT2D eigenvalue weighted by atomic mass is 127. The van der Waals surface area contributed by atoms with Crippen molar-refractivity contribution in [3.8, 4) is 0 Å². The Morgan fingerprint density at radius 1 is 1.11 bits per heavy atom. The van der Waals surface area contributed by atoms with Gasteiger partial charge in [-0.1, -0.05) is 17.7 Å². The molecular weight excluding hydrogens is 371 g/mol. The maximum atomic E-state index is 5.95. The highest BCUT2D eigenvalue weighted by Gasteiger charge is 2.01. The van der Waals surface area contributed by atoms with Crippen LogP contribution in [0.4, 0.5) is 5.69 Å². The third kappa shape index (κ3) is 2.87. The van der Waals surface area contributed by atoms with E-state index in [2.05, 4.69) is 57.2 Å². The van der Waals surface area contributed by atoms with Gasteiger partial charge in [0.1, 0.15) is 0 Å². The van der Waals surface area contributed by atoms with E-state index in [-0.39, 0.29) is 0 Å². The summed E-state index contributed by atoms with van der Waals surface area (Å²) in [6.45, 7) is 0.804. The van der Waals surface area contributed by atoms with Gasteiger partial charge in [0.05, 0.1) is 0 Å². The number of aromatic amines is 1. The van der Waals surface area contributed by atoms with Crippen LogP contribution < -0.4 is 5.32 Å². The molecule has 19 heavy (non-hydrogen) atoms. The van der Waals surface area contributed by atoms with Crippen molar-refractivity contribution in [2.24, 2.45) is 0 Å². The number of H-pyrrole nitrogens is 1. The van der Waals surface area contributed by atoms with Gasteiger partial charge in [0.15, 0.2) is 0 Å². The van der Waals surface area contributed by atoms with Crippen LogP contribution in [0.1, 0.15) is 5.56 Å². The summed E-state index contributed by atoms with van der Waals surface area (Å²) >= 11 is 8.24. The van der Waals surface area contributed by atoms with Crippen LogP contribution in [-0.4, -0.2) is 4.98 Å². The van der Waals surface area contributed by atoms with Gasteiger partial charge in [-0.05, 0) is 69.9 Å². The Bertz CT molecular complexity index is 721. The first-order valence-corrected chi connectivity index (χ1v) is 7.43. The Hall–Kier alpha value is -1.20. The van der Waals surface area contributed by atoms with E-state index in [1.165, 1.54) is 16.5 Å². The highest BCUT2D eigenvalue weighted by molar-refractivity contribution is 14.1. The van der Waals surface area contributed by atoms with Crippen LogP contribution in [0.15, 0.2) is 48.7 Å². The SMILES string of the molecule is Clc1ccc(NCc2ccc3[nH]ccc3c2)c(I)c1. The van der Waals surface area contributed by atoms with Crippen LogP contribution in [0.2, 0.25) is 5.02 Å². The number of benzene rings is 2. The quantitative estimate of drug-likeness (QED) is 0.610. The molecule has 0 amide bonds. The molecule has 2 aromatic carbocycles. The molecule has 0 aliphatic rings. The van der Waals surface area contributed by atoms with Gasteiger partial charge in [-0.25, -0.2) is 0 Å². The predicted octanol–water partition coefficient (Wildman–Crippen LogP) is 5.04. The lowest BCUT2D eigenvalue weighted by molar-refractivity contribution is 1.15. The number of aromatic nitrogens is 1. The molecule has 0 bridgehead atoms. The van der Waals surface area contributed by atoms with E-state index < -0.39 is 0 Å². The van der Waals surface area contributed by atoms with Crippen LogP contribution in [0, 0.1) is 3.57 Å². The number of halogens is 2. The second kappa shape index (κ2) is 5.43. The van der Waals surface area contributed by atoms with E-state index in [0.717, 1.165) is 20.8 Å². The monoisotopic (exact) mass is 382 g/mol. The molecule has 2 nitrogen and oxygen atoms in total. The third-order valence-corrected chi connectivity index (χ3v) is 4.16. The maximum absolute atomic E-state index is 5.95. The molecule has 0 aliphatic carbocycles. The molecule has 0 spiro atoms. The Balaban J connectivity index is 1.77. The average Bonchev–Trinajstić information content (AvgIpc) is 2.85. The Morgan fingerprint density at radius 2 is 2.00 bits per heavy atom. The molecule has 0 saturated carbocycles. The molecule has 0 atom stereocenters. The number of rotatable bonds is 3. The van der Waals surface area contributed by atoms with Gasteiger partial charge >= 0.3 is 0 Å². The Labute approximate surface area is 130 Å². The summed E-state index contributed by atoms with van der Waals surface area (Å²) in [5, 5.41) is 5.45. The average molecular weight is 383 g/mol. The summed E-state index contributed by atoms with van der Waals surface area (Å²) in [6, 6.07) is 14.4. The minimum Gasteiger partial charge on any atom is -0.380 e. The van der Waals surface area contributed by atoms with E-state index in [1.54, 1.807) is 0 Å². The molecular formula is C15H12ClIN2. The van der Waals surface area contributed by atoms with E-state index in [1.807, 2.05) is 24.4 Å². The molecule has 0 fully saturated rings. The van der Waals surface area contributed by atoms with Crippen molar-refractivity contribution in [2.75, 3.05) is 5.32 Å². The largest absolute Gasteiger partial charge is 0.380 e. The fourth-order valence-corrected chi connectivity index (χ4v) is 3.11. The zero-order valence-electron chi connectivity index (χ0n) is 10.1. The van der Waals surface area contributed by atoms with Crippen LogP contribution in [0.3, 0.4) is 0 Å². The van der Waals surface area contributed by atoms with Crippen molar-refractivity contribution in [1.82, 2.24) is 4.98 Å². The number of fused-ring (bicyclic) bond motifs is 1. The van der Waals surface area contributed by atoms with Crippen molar-refractivity contribution in [3.63, 3.8) is 0 Å². The van der Waals surface area contributed by atoms with Crippen LogP contribution in [0.25, 0.3) is 10.9 Å². The first-order chi connectivity index (χ1) is 9.22. The minimum absolute atomic E-state index is 0.767. The smallest absolute Gasteiger partial charge is 0.0479 e. The molecule has 4 heteroatoms. The van der Waals surface area contributed by atoms with Gasteiger partial charge in [0.25, 0.3) is 0 Å². The summed E-state index contributed by atoms with van der Waals surface area (Å²) in [6.07, 6.45) is 1.96. The van der Waals surface area contributed by atoms with Gasteiger partial charge in [-0.3, -0.25) is 0 Å². The molecule has 1 heterocycles. The van der Waals surface area contributed by atoms with Crippen molar-refractivity contribution in [3.05, 3.63) is 62.8 Å². The Kier molecular flexibility index (Phi) is 3.66. The summed E-state index contributed by atoms with van der Waals surface area (Å²) in [7, 11) is 0. The summed E-state index contributed by atoms with van der Waals surface area (Å²) in [4.78, 5) is 3.20. The topological polar surface area (TPSA) is 27.8 Å². The second-order valence-corrected chi connectivity index (χ2v) is 5.98. The number of anilines is 1. The van der Waals surface area contributed by atoms with E-state index in [4.69, 9.17) is 11.6 Å². The number of nitrogens with one attached hydrogen (secondary N) is 2. The molecule has 96 valence electrons. The van der Waals surface area contributed by atoms with Crippen molar-refractivity contribution < 1.29 is 0 Å². The summed E-state index contributed by atoms with van der Waals surface area (Å²) < 4.78 is 1.13. The normalized spacial score (nSPS) is 10.8. The molecule has 0 unspecified atom stereocenters. The molecule has 0 radical (unpaired) electrons.